The minimum atomic E-state index is 0.182. The molecule has 0 atom stereocenters. The monoisotopic (exact) mass is 346 g/mol. The maximum atomic E-state index is 10.8. The molecule has 0 bridgehead atoms. The second kappa shape index (κ2) is 7.16. The van der Waals surface area contributed by atoms with E-state index in [2.05, 4.69) is 30.1 Å². The first-order chi connectivity index (χ1) is 12.7. The Labute approximate surface area is 153 Å². The van der Waals surface area contributed by atoms with Gasteiger partial charge in [-0.2, -0.15) is 0 Å². The Morgan fingerprint density at radius 3 is 2.54 bits per heavy atom. The van der Waals surface area contributed by atoms with Crippen molar-refractivity contribution >= 4 is 17.3 Å². The van der Waals surface area contributed by atoms with Gasteiger partial charge in [-0.05, 0) is 36.2 Å². The van der Waals surface area contributed by atoms with E-state index in [1.807, 2.05) is 36.5 Å². The summed E-state index contributed by atoms with van der Waals surface area (Å²) < 4.78 is 6.08. The van der Waals surface area contributed by atoms with Crippen LogP contribution in [0.1, 0.15) is 18.4 Å². The van der Waals surface area contributed by atoms with Crippen LogP contribution >= 0.6 is 0 Å². The Balaban J connectivity index is 1.51. The molecule has 1 aromatic heterocycles. The fourth-order valence-corrected chi connectivity index (χ4v) is 3.57. The summed E-state index contributed by atoms with van der Waals surface area (Å²) in [6.45, 7) is 3.69. The van der Waals surface area contributed by atoms with E-state index in [0.717, 1.165) is 54.7 Å². The van der Waals surface area contributed by atoms with Crippen LogP contribution in [0.25, 0.3) is 22.0 Å². The van der Waals surface area contributed by atoms with Crippen LogP contribution in [0.3, 0.4) is 0 Å². The maximum absolute atomic E-state index is 10.8. The number of rotatable bonds is 4. The predicted molar refractivity (Wildman–Crippen MR) is 103 cm³/mol. The number of likely N-dealkylation sites (tertiary alicyclic amines) is 1. The summed E-state index contributed by atoms with van der Waals surface area (Å²) in [6, 6.07) is 16.5. The molecule has 0 N–H and O–H groups in total. The van der Waals surface area contributed by atoms with E-state index in [0.29, 0.717) is 0 Å². The van der Waals surface area contributed by atoms with E-state index < -0.39 is 0 Å². The van der Waals surface area contributed by atoms with E-state index >= 15 is 0 Å². The zero-order valence-electron chi connectivity index (χ0n) is 14.9. The predicted octanol–water partition coefficient (Wildman–Crippen LogP) is 4.21. The molecule has 0 spiro atoms. The van der Waals surface area contributed by atoms with Gasteiger partial charge in [0, 0.05) is 43.1 Å². The zero-order valence-corrected chi connectivity index (χ0v) is 14.9. The van der Waals surface area contributed by atoms with Crippen molar-refractivity contribution in [2.24, 2.45) is 0 Å². The van der Waals surface area contributed by atoms with Crippen LogP contribution in [0, 0.1) is 6.92 Å². The number of hydrogen-bond donors (Lipinski definition) is 0. The van der Waals surface area contributed by atoms with Crippen molar-refractivity contribution in [3.05, 3.63) is 60.3 Å². The Morgan fingerprint density at radius 2 is 1.81 bits per heavy atom. The number of para-hydroxylation sites is 1. The number of nitrogens with zero attached hydrogens (tertiary/aromatic N) is 2. The largest absolute Gasteiger partial charge is 0.490 e. The summed E-state index contributed by atoms with van der Waals surface area (Å²) in [5, 5.41) is 1.19. The van der Waals surface area contributed by atoms with Crippen molar-refractivity contribution in [3.63, 3.8) is 0 Å². The lowest BCUT2D eigenvalue weighted by atomic mass is 9.99. The van der Waals surface area contributed by atoms with Gasteiger partial charge in [0.05, 0.1) is 5.52 Å². The standard InChI is InChI=1S/C22H22N2O2/c1-16-20-4-2-3-5-22(20)23-14-21(16)17-6-8-18(9-7-17)26-19-10-12-24(15-25)13-11-19/h2-9,14-15,19H,10-13H2,1H3. The van der Waals surface area contributed by atoms with Gasteiger partial charge in [-0.3, -0.25) is 9.78 Å². The van der Waals surface area contributed by atoms with Crippen molar-refractivity contribution < 1.29 is 9.53 Å². The number of pyridine rings is 1. The Bertz CT molecular complexity index is 913. The first-order valence-corrected chi connectivity index (χ1v) is 9.05. The average Bonchev–Trinajstić information content (AvgIpc) is 2.70. The zero-order chi connectivity index (χ0) is 17.9. The Kier molecular flexibility index (Phi) is 4.57. The number of benzene rings is 2. The van der Waals surface area contributed by atoms with Crippen LogP contribution < -0.4 is 4.74 Å². The molecule has 0 radical (unpaired) electrons. The van der Waals surface area contributed by atoms with Gasteiger partial charge in [0.2, 0.25) is 6.41 Å². The third-order valence-corrected chi connectivity index (χ3v) is 5.14. The number of aryl methyl sites for hydroxylation is 1. The van der Waals surface area contributed by atoms with Gasteiger partial charge in [-0.25, -0.2) is 0 Å². The van der Waals surface area contributed by atoms with Gasteiger partial charge >= 0.3 is 0 Å². The van der Waals surface area contributed by atoms with Gasteiger partial charge in [-0.1, -0.05) is 30.3 Å². The number of aromatic nitrogens is 1. The average molecular weight is 346 g/mol. The topological polar surface area (TPSA) is 42.4 Å². The highest BCUT2D eigenvalue weighted by molar-refractivity contribution is 5.88. The van der Waals surface area contributed by atoms with Crippen LogP contribution in [-0.2, 0) is 4.79 Å². The summed E-state index contributed by atoms with van der Waals surface area (Å²) in [4.78, 5) is 17.2. The first kappa shape index (κ1) is 16.6. The van der Waals surface area contributed by atoms with Crippen molar-refractivity contribution in [2.45, 2.75) is 25.9 Å². The van der Waals surface area contributed by atoms with E-state index in [1.165, 1.54) is 10.9 Å². The van der Waals surface area contributed by atoms with Crippen LogP contribution in [0.5, 0.6) is 5.75 Å². The molecule has 132 valence electrons. The fraction of sp³-hybridized carbons (Fsp3) is 0.273. The summed E-state index contributed by atoms with van der Waals surface area (Å²) in [6.07, 6.45) is 4.82. The van der Waals surface area contributed by atoms with Crippen LogP contribution in [-0.4, -0.2) is 35.5 Å². The number of hydrogen-bond acceptors (Lipinski definition) is 3. The molecular weight excluding hydrogens is 324 g/mol. The molecular formula is C22H22N2O2. The van der Waals surface area contributed by atoms with Gasteiger partial charge in [0.15, 0.2) is 0 Å². The quantitative estimate of drug-likeness (QED) is 0.665. The molecule has 1 amide bonds. The van der Waals surface area contributed by atoms with E-state index in [1.54, 1.807) is 4.90 Å². The molecule has 1 aliphatic rings. The van der Waals surface area contributed by atoms with Gasteiger partial charge in [-0.15, -0.1) is 0 Å². The smallest absolute Gasteiger partial charge is 0.209 e. The Hall–Kier alpha value is -2.88. The van der Waals surface area contributed by atoms with E-state index in [9.17, 15) is 4.79 Å². The molecule has 4 nitrogen and oxygen atoms in total. The molecule has 4 rings (SSSR count). The lowest BCUT2D eigenvalue weighted by Crippen LogP contribution is -2.37. The molecule has 1 aliphatic heterocycles. The van der Waals surface area contributed by atoms with E-state index in [-0.39, 0.29) is 6.10 Å². The van der Waals surface area contributed by atoms with Crippen LogP contribution in [0.4, 0.5) is 0 Å². The van der Waals surface area contributed by atoms with Gasteiger partial charge in [0.25, 0.3) is 0 Å². The SMILES string of the molecule is Cc1c(-c2ccc(OC3CCN(C=O)CC3)cc2)cnc2ccccc12. The molecule has 2 heterocycles. The van der Waals surface area contributed by atoms with Crippen LogP contribution in [0.15, 0.2) is 54.7 Å². The van der Waals surface area contributed by atoms with Crippen molar-refractivity contribution in [3.8, 4) is 16.9 Å². The first-order valence-electron chi connectivity index (χ1n) is 9.05. The van der Waals surface area contributed by atoms with Crippen LogP contribution in [0.2, 0.25) is 0 Å². The second-order valence-electron chi connectivity index (χ2n) is 6.80. The molecule has 0 aliphatic carbocycles. The number of carbonyl (C=O) groups is 1. The molecule has 1 saturated heterocycles. The fourth-order valence-electron chi connectivity index (χ4n) is 3.57. The second-order valence-corrected chi connectivity index (χ2v) is 6.80. The molecule has 2 aromatic carbocycles. The van der Waals surface area contributed by atoms with Crippen molar-refractivity contribution in [2.75, 3.05) is 13.1 Å². The number of amides is 1. The molecule has 26 heavy (non-hydrogen) atoms. The highest BCUT2D eigenvalue weighted by Gasteiger charge is 2.19. The van der Waals surface area contributed by atoms with Gasteiger partial charge < -0.3 is 9.64 Å². The minimum absolute atomic E-state index is 0.182. The third-order valence-electron chi connectivity index (χ3n) is 5.14. The number of ether oxygens (including phenoxy) is 1. The number of carbonyl (C=O) groups excluding carboxylic acids is 1. The number of fused-ring (bicyclic) bond motifs is 1. The summed E-state index contributed by atoms with van der Waals surface area (Å²) in [5.74, 6) is 0.879. The normalized spacial score (nSPS) is 15.2. The lowest BCUT2D eigenvalue weighted by molar-refractivity contribution is -0.119. The number of piperidine rings is 1. The van der Waals surface area contributed by atoms with Crippen molar-refractivity contribution in [1.29, 1.82) is 0 Å². The molecule has 0 unspecified atom stereocenters. The molecule has 1 fully saturated rings. The third kappa shape index (κ3) is 3.27. The minimum Gasteiger partial charge on any atom is -0.490 e. The van der Waals surface area contributed by atoms with Crippen molar-refractivity contribution in [1.82, 2.24) is 9.88 Å². The molecule has 0 saturated carbocycles. The molecule has 3 aromatic rings. The maximum Gasteiger partial charge on any atom is 0.209 e. The van der Waals surface area contributed by atoms with Gasteiger partial charge in [0.1, 0.15) is 11.9 Å². The highest BCUT2D eigenvalue weighted by Crippen LogP contribution is 2.29. The summed E-state index contributed by atoms with van der Waals surface area (Å²) in [7, 11) is 0. The Morgan fingerprint density at radius 1 is 1.08 bits per heavy atom. The highest BCUT2D eigenvalue weighted by atomic mass is 16.5. The molecule has 4 heteroatoms. The van der Waals surface area contributed by atoms with E-state index in [4.69, 9.17) is 4.74 Å². The summed E-state index contributed by atoms with van der Waals surface area (Å²) >= 11 is 0. The summed E-state index contributed by atoms with van der Waals surface area (Å²) in [5.41, 5.74) is 4.55. The lowest BCUT2D eigenvalue weighted by Gasteiger charge is -2.29.